The van der Waals surface area contributed by atoms with Gasteiger partial charge in [0.15, 0.2) is 0 Å². The average Bonchev–Trinajstić information content (AvgIpc) is 2.42. The molecule has 1 fully saturated rings. The van der Waals surface area contributed by atoms with Crippen LogP contribution in [0.15, 0.2) is 17.0 Å². The maximum Gasteiger partial charge on any atom is 0.243 e. The van der Waals surface area contributed by atoms with Gasteiger partial charge in [0.2, 0.25) is 10.0 Å². The highest BCUT2D eigenvalue weighted by molar-refractivity contribution is 7.89. The molecule has 4 N–H and O–H groups in total. The van der Waals surface area contributed by atoms with Crippen LogP contribution in [0.25, 0.3) is 0 Å². The summed E-state index contributed by atoms with van der Waals surface area (Å²) < 4.78 is 45.7. The normalized spacial score (nSPS) is 18.6. The molecular weight excluding hydrogens is 299 g/mol. The molecule has 0 bridgehead atoms. The van der Waals surface area contributed by atoms with Crippen molar-refractivity contribution in [2.75, 3.05) is 25.5 Å². The van der Waals surface area contributed by atoms with E-state index >= 15 is 0 Å². The summed E-state index contributed by atoms with van der Waals surface area (Å²) in [4.78, 5) is -0.504. The Morgan fingerprint density at radius 2 is 2.05 bits per heavy atom. The van der Waals surface area contributed by atoms with Crippen LogP contribution < -0.4 is 10.5 Å². The molecule has 1 aromatic rings. The van der Waals surface area contributed by atoms with Crippen molar-refractivity contribution < 1.29 is 22.7 Å². The van der Waals surface area contributed by atoms with E-state index in [9.17, 15) is 17.9 Å². The Morgan fingerprint density at radius 3 is 2.67 bits per heavy atom. The molecule has 1 aliphatic heterocycles. The number of halogens is 1. The Morgan fingerprint density at radius 1 is 1.43 bits per heavy atom. The van der Waals surface area contributed by atoms with E-state index in [2.05, 4.69) is 4.72 Å². The SMILES string of the molecule is Cc1cc(N)cc(S(=O)(=O)NCC2(O)CCOCC2)c1F. The zero-order valence-corrected chi connectivity index (χ0v) is 12.5. The second-order valence-corrected chi connectivity index (χ2v) is 7.05. The van der Waals surface area contributed by atoms with Crippen LogP contribution >= 0.6 is 0 Å². The third-order valence-corrected chi connectivity index (χ3v) is 4.95. The standard InChI is InChI=1S/C13H19FN2O4S/c1-9-6-10(15)7-11(12(9)14)21(18,19)16-8-13(17)2-4-20-5-3-13/h6-7,16-17H,2-5,8,15H2,1H3. The van der Waals surface area contributed by atoms with E-state index in [1.807, 2.05) is 0 Å². The molecule has 0 aromatic heterocycles. The van der Waals surface area contributed by atoms with E-state index in [1.165, 1.54) is 13.0 Å². The summed E-state index contributed by atoms with van der Waals surface area (Å²) in [6.07, 6.45) is 0.655. The van der Waals surface area contributed by atoms with Crippen LogP contribution in [0, 0.1) is 12.7 Å². The van der Waals surface area contributed by atoms with Gasteiger partial charge in [-0.05, 0) is 24.6 Å². The van der Waals surface area contributed by atoms with E-state index in [4.69, 9.17) is 10.5 Å². The van der Waals surface area contributed by atoms with Crippen molar-refractivity contribution in [3.63, 3.8) is 0 Å². The molecule has 1 aromatic carbocycles. The van der Waals surface area contributed by atoms with Gasteiger partial charge in [0.25, 0.3) is 0 Å². The molecule has 0 saturated carbocycles. The number of nitrogen functional groups attached to an aromatic ring is 1. The first kappa shape index (κ1) is 16.2. The molecule has 8 heteroatoms. The molecule has 0 aliphatic carbocycles. The second kappa shape index (κ2) is 5.88. The lowest BCUT2D eigenvalue weighted by atomic mass is 9.95. The number of nitrogens with one attached hydrogen (secondary N) is 1. The zero-order chi connectivity index (χ0) is 15.7. The van der Waals surface area contributed by atoms with Crippen LogP contribution in [0.1, 0.15) is 18.4 Å². The summed E-state index contributed by atoms with van der Waals surface area (Å²) in [5.74, 6) is -0.837. The minimum Gasteiger partial charge on any atom is -0.399 e. The van der Waals surface area contributed by atoms with Crippen molar-refractivity contribution in [1.82, 2.24) is 4.72 Å². The number of ether oxygens (including phenoxy) is 1. The molecule has 0 atom stereocenters. The minimum absolute atomic E-state index is 0.153. The maximum absolute atomic E-state index is 14.0. The van der Waals surface area contributed by atoms with Crippen LogP contribution in [0.4, 0.5) is 10.1 Å². The molecule has 1 heterocycles. The summed E-state index contributed by atoms with van der Waals surface area (Å²) in [7, 11) is -4.08. The molecule has 0 unspecified atom stereocenters. The van der Waals surface area contributed by atoms with Gasteiger partial charge in [-0.15, -0.1) is 0 Å². The average molecular weight is 318 g/mol. The molecule has 6 nitrogen and oxygen atoms in total. The van der Waals surface area contributed by atoms with Crippen molar-refractivity contribution in [2.45, 2.75) is 30.3 Å². The Labute approximate surface area is 123 Å². The highest BCUT2D eigenvalue weighted by atomic mass is 32.2. The minimum atomic E-state index is -4.08. The smallest absolute Gasteiger partial charge is 0.243 e. The lowest BCUT2D eigenvalue weighted by Crippen LogP contribution is -2.46. The van der Waals surface area contributed by atoms with Gasteiger partial charge < -0.3 is 15.6 Å². The van der Waals surface area contributed by atoms with Crippen LogP contribution in [0.5, 0.6) is 0 Å². The number of hydrogen-bond donors (Lipinski definition) is 3. The van der Waals surface area contributed by atoms with Crippen molar-refractivity contribution in [3.8, 4) is 0 Å². The summed E-state index contributed by atoms with van der Waals surface area (Å²) in [6, 6.07) is 2.43. The first-order valence-corrected chi connectivity index (χ1v) is 8.07. The highest BCUT2D eigenvalue weighted by Gasteiger charge is 2.32. The van der Waals surface area contributed by atoms with Crippen LogP contribution in [0.2, 0.25) is 0 Å². The van der Waals surface area contributed by atoms with E-state index in [1.54, 1.807) is 0 Å². The number of aliphatic hydroxyl groups is 1. The third kappa shape index (κ3) is 3.70. The fourth-order valence-electron chi connectivity index (χ4n) is 2.19. The van der Waals surface area contributed by atoms with Crippen LogP contribution in [-0.2, 0) is 14.8 Å². The molecule has 1 aliphatic rings. The first-order chi connectivity index (χ1) is 9.73. The fraction of sp³-hybridized carbons (Fsp3) is 0.538. The molecular formula is C13H19FN2O4S. The van der Waals surface area contributed by atoms with E-state index in [0.717, 1.165) is 6.07 Å². The monoisotopic (exact) mass is 318 g/mol. The van der Waals surface area contributed by atoms with Crippen LogP contribution in [0.3, 0.4) is 0 Å². The molecule has 21 heavy (non-hydrogen) atoms. The van der Waals surface area contributed by atoms with E-state index < -0.39 is 26.3 Å². The van der Waals surface area contributed by atoms with Gasteiger partial charge in [-0.1, -0.05) is 0 Å². The number of sulfonamides is 1. The van der Waals surface area contributed by atoms with Crippen molar-refractivity contribution in [2.24, 2.45) is 0 Å². The number of rotatable bonds is 4. The Kier molecular flexibility index (Phi) is 4.52. The quantitative estimate of drug-likeness (QED) is 0.703. The molecule has 1 saturated heterocycles. The number of aryl methyl sites for hydroxylation is 1. The zero-order valence-electron chi connectivity index (χ0n) is 11.7. The van der Waals surface area contributed by atoms with Gasteiger partial charge in [0.05, 0.1) is 5.60 Å². The van der Waals surface area contributed by atoms with Gasteiger partial charge >= 0.3 is 0 Å². The van der Waals surface area contributed by atoms with Gasteiger partial charge in [-0.2, -0.15) is 0 Å². The highest BCUT2D eigenvalue weighted by Crippen LogP contribution is 2.23. The predicted octanol–water partition coefficient (Wildman–Crippen LogP) is 0.536. The molecule has 0 radical (unpaired) electrons. The predicted molar refractivity (Wildman–Crippen MR) is 75.7 cm³/mol. The summed E-state index contributed by atoms with van der Waals surface area (Å²) in [5.41, 5.74) is 4.71. The Balaban J connectivity index is 2.19. The molecule has 2 rings (SSSR count). The van der Waals surface area contributed by atoms with Gasteiger partial charge in [0.1, 0.15) is 10.7 Å². The number of benzene rings is 1. The van der Waals surface area contributed by atoms with Gasteiger partial charge in [-0.25, -0.2) is 17.5 Å². The largest absolute Gasteiger partial charge is 0.399 e. The van der Waals surface area contributed by atoms with E-state index in [0.29, 0.717) is 26.1 Å². The number of anilines is 1. The molecule has 118 valence electrons. The lowest BCUT2D eigenvalue weighted by Gasteiger charge is -2.32. The Bertz CT molecular complexity index is 627. The van der Waals surface area contributed by atoms with E-state index in [-0.39, 0.29) is 17.8 Å². The fourth-order valence-corrected chi connectivity index (χ4v) is 3.50. The first-order valence-electron chi connectivity index (χ1n) is 6.59. The van der Waals surface area contributed by atoms with Crippen LogP contribution in [-0.4, -0.2) is 38.9 Å². The topological polar surface area (TPSA) is 102 Å². The number of hydrogen-bond acceptors (Lipinski definition) is 5. The maximum atomic E-state index is 14.0. The lowest BCUT2D eigenvalue weighted by molar-refractivity contribution is -0.0588. The van der Waals surface area contributed by atoms with Crippen molar-refractivity contribution >= 4 is 15.7 Å². The van der Waals surface area contributed by atoms with Crippen molar-refractivity contribution in [3.05, 3.63) is 23.5 Å². The second-order valence-electron chi connectivity index (χ2n) is 5.31. The molecule has 0 amide bonds. The molecule has 0 spiro atoms. The summed E-state index contributed by atoms with van der Waals surface area (Å²) in [5, 5.41) is 10.2. The Hall–Kier alpha value is -1.22. The van der Waals surface area contributed by atoms with Crippen molar-refractivity contribution in [1.29, 1.82) is 0 Å². The van der Waals surface area contributed by atoms with Gasteiger partial charge in [-0.3, -0.25) is 0 Å². The summed E-state index contributed by atoms with van der Waals surface area (Å²) in [6.45, 7) is 1.98. The number of nitrogens with two attached hydrogens (primary N) is 1. The summed E-state index contributed by atoms with van der Waals surface area (Å²) >= 11 is 0. The third-order valence-electron chi connectivity index (χ3n) is 3.55. The van der Waals surface area contributed by atoms with Gasteiger partial charge in [0, 0.05) is 38.3 Å².